The van der Waals surface area contributed by atoms with Gasteiger partial charge in [0.15, 0.2) is 5.78 Å². The van der Waals surface area contributed by atoms with Gasteiger partial charge in [-0.25, -0.2) is 0 Å². The maximum Gasteiger partial charge on any atom is 0.185 e. The van der Waals surface area contributed by atoms with E-state index in [1.54, 1.807) is 0 Å². The van der Waals surface area contributed by atoms with Crippen molar-refractivity contribution in [3.05, 3.63) is 52.6 Å². The van der Waals surface area contributed by atoms with Gasteiger partial charge in [0.05, 0.1) is 0 Å². The zero-order chi connectivity index (χ0) is 11.8. The van der Waals surface area contributed by atoms with Crippen molar-refractivity contribution in [2.45, 2.75) is 32.6 Å². The van der Waals surface area contributed by atoms with E-state index in [2.05, 4.69) is 19.1 Å². The summed E-state index contributed by atoms with van der Waals surface area (Å²) in [5.41, 5.74) is 5.89. The molecule has 0 atom stereocenters. The minimum atomic E-state index is 0.318. The van der Waals surface area contributed by atoms with E-state index in [-0.39, 0.29) is 0 Å². The number of carbonyl (C=O) groups is 1. The van der Waals surface area contributed by atoms with Gasteiger partial charge in [-0.2, -0.15) is 0 Å². The lowest BCUT2D eigenvalue weighted by Crippen LogP contribution is -2.01. The van der Waals surface area contributed by atoms with Crippen LogP contribution in [0.3, 0.4) is 0 Å². The molecule has 0 bridgehead atoms. The Hall–Kier alpha value is -1.63. The van der Waals surface area contributed by atoms with Crippen molar-refractivity contribution in [3.63, 3.8) is 0 Å². The lowest BCUT2D eigenvalue weighted by molar-refractivity contribution is -0.112. The van der Waals surface area contributed by atoms with Gasteiger partial charge in [-0.3, -0.25) is 4.79 Å². The Morgan fingerprint density at radius 2 is 1.88 bits per heavy atom. The molecule has 0 saturated heterocycles. The monoisotopic (exact) mass is 224 g/mol. The number of hydrogen-bond donors (Lipinski definition) is 0. The molecule has 17 heavy (non-hydrogen) atoms. The number of benzene rings is 1. The molecule has 0 radical (unpaired) electrons. The average Bonchev–Trinajstić information content (AvgIpc) is 2.93. The first-order chi connectivity index (χ1) is 8.27. The molecule has 1 aromatic rings. The zero-order valence-electron chi connectivity index (χ0n) is 10.1. The maximum atomic E-state index is 12.3. The second-order valence-corrected chi connectivity index (χ2v) is 4.91. The summed E-state index contributed by atoms with van der Waals surface area (Å²) in [4.78, 5) is 12.3. The molecule has 86 valence electrons. The molecular formula is C16H16O. The topological polar surface area (TPSA) is 17.1 Å². The lowest BCUT2D eigenvalue weighted by Gasteiger charge is -2.07. The number of rotatable bonds is 1. The van der Waals surface area contributed by atoms with Crippen LogP contribution in [-0.4, -0.2) is 5.78 Å². The summed E-state index contributed by atoms with van der Waals surface area (Å²) in [5.74, 6) is 0.318. The van der Waals surface area contributed by atoms with Crippen LogP contribution in [0.1, 0.15) is 38.2 Å². The zero-order valence-corrected chi connectivity index (χ0v) is 10.1. The van der Waals surface area contributed by atoms with Crippen molar-refractivity contribution >= 4 is 11.4 Å². The Labute approximate surface area is 102 Å². The summed E-state index contributed by atoms with van der Waals surface area (Å²) in [7, 11) is 0. The van der Waals surface area contributed by atoms with E-state index >= 15 is 0 Å². The average molecular weight is 224 g/mol. The van der Waals surface area contributed by atoms with Crippen molar-refractivity contribution in [2.24, 2.45) is 0 Å². The van der Waals surface area contributed by atoms with Crippen LogP contribution < -0.4 is 0 Å². The third kappa shape index (κ3) is 1.66. The van der Waals surface area contributed by atoms with E-state index in [1.165, 1.54) is 17.6 Å². The fourth-order valence-electron chi connectivity index (χ4n) is 2.92. The van der Waals surface area contributed by atoms with Gasteiger partial charge >= 0.3 is 0 Å². The Kier molecular flexibility index (Phi) is 2.47. The summed E-state index contributed by atoms with van der Waals surface area (Å²) >= 11 is 0. The fraction of sp³-hybridized carbons (Fsp3) is 0.312. The van der Waals surface area contributed by atoms with Crippen LogP contribution in [0.4, 0.5) is 0 Å². The predicted octanol–water partition coefficient (Wildman–Crippen LogP) is 3.91. The van der Waals surface area contributed by atoms with Gasteiger partial charge in [0.1, 0.15) is 0 Å². The summed E-state index contributed by atoms with van der Waals surface area (Å²) < 4.78 is 0. The Balaban J connectivity index is 1.99. The predicted molar refractivity (Wildman–Crippen MR) is 69.5 cm³/mol. The molecule has 0 aromatic heterocycles. The molecule has 1 aromatic carbocycles. The smallest absolute Gasteiger partial charge is 0.185 e. The van der Waals surface area contributed by atoms with Crippen molar-refractivity contribution in [1.82, 2.24) is 0 Å². The molecule has 1 heteroatoms. The minimum absolute atomic E-state index is 0.318. The molecule has 0 N–H and O–H groups in total. The van der Waals surface area contributed by atoms with Crippen LogP contribution in [-0.2, 0) is 4.79 Å². The van der Waals surface area contributed by atoms with Crippen LogP contribution in [0.25, 0.3) is 5.57 Å². The van der Waals surface area contributed by atoms with Crippen molar-refractivity contribution in [3.8, 4) is 0 Å². The number of carbonyl (C=O) groups excluding carboxylic acids is 1. The normalized spacial score (nSPS) is 22.1. The van der Waals surface area contributed by atoms with E-state index < -0.39 is 0 Å². The van der Waals surface area contributed by atoms with Crippen LogP contribution >= 0.6 is 0 Å². The molecule has 0 fully saturated rings. The number of hydrogen-bond acceptors (Lipinski definition) is 1. The second-order valence-electron chi connectivity index (χ2n) is 4.91. The molecule has 0 heterocycles. The quantitative estimate of drug-likeness (QED) is 0.661. The first-order valence-electron chi connectivity index (χ1n) is 6.28. The second kappa shape index (κ2) is 3.99. The van der Waals surface area contributed by atoms with Crippen molar-refractivity contribution in [2.75, 3.05) is 0 Å². The van der Waals surface area contributed by atoms with Crippen LogP contribution in [0.5, 0.6) is 0 Å². The van der Waals surface area contributed by atoms with Gasteiger partial charge in [0.25, 0.3) is 0 Å². The molecule has 0 spiro atoms. The van der Waals surface area contributed by atoms with Gasteiger partial charge < -0.3 is 0 Å². The van der Waals surface area contributed by atoms with E-state index in [4.69, 9.17) is 0 Å². The number of allylic oxidation sites excluding steroid dienone is 4. The van der Waals surface area contributed by atoms with E-state index in [0.717, 1.165) is 36.0 Å². The molecule has 2 aliphatic carbocycles. The molecule has 0 amide bonds. The highest BCUT2D eigenvalue weighted by Gasteiger charge is 2.31. The van der Waals surface area contributed by atoms with Gasteiger partial charge in [0.2, 0.25) is 0 Å². The van der Waals surface area contributed by atoms with Crippen molar-refractivity contribution < 1.29 is 4.79 Å². The van der Waals surface area contributed by atoms with E-state index in [0.29, 0.717) is 5.78 Å². The summed E-state index contributed by atoms with van der Waals surface area (Å²) in [6.45, 7) is 2.07. The summed E-state index contributed by atoms with van der Waals surface area (Å²) in [6.07, 6.45) is 4.20. The number of ketones is 1. The highest BCUT2D eigenvalue weighted by Crippen LogP contribution is 2.41. The highest BCUT2D eigenvalue weighted by atomic mass is 16.1. The first kappa shape index (κ1) is 10.5. The molecule has 0 aliphatic heterocycles. The Bertz CT molecular complexity index is 532. The molecular weight excluding hydrogens is 208 g/mol. The molecule has 2 aliphatic rings. The van der Waals surface area contributed by atoms with Crippen LogP contribution in [0, 0.1) is 0 Å². The van der Waals surface area contributed by atoms with Gasteiger partial charge in [-0.1, -0.05) is 35.9 Å². The van der Waals surface area contributed by atoms with E-state index in [9.17, 15) is 4.79 Å². The van der Waals surface area contributed by atoms with Gasteiger partial charge in [-0.05, 0) is 49.3 Å². The first-order valence-corrected chi connectivity index (χ1v) is 6.28. The lowest BCUT2D eigenvalue weighted by atomic mass is 9.96. The SMILES string of the molecule is C/C(=C1/CC2=C(CCC2)C1=O)c1ccccc1. The standard InChI is InChI=1S/C16H16O/c1-11(12-6-3-2-4-7-12)15-10-13-8-5-9-14(13)16(15)17/h2-4,6-7H,5,8-10H2,1H3/b15-11+. The van der Waals surface area contributed by atoms with Gasteiger partial charge in [-0.15, -0.1) is 0 Å². The fourth-order valence-corrected chi connectivity index (χ4v) is 2.92. The largest absolute Gasteiger partial charge is 0.289 e. The van der Waals surface area contributed by atoms with E-state index in [1.807, 2.05) is 18.2 Å². The molecule has 0 unspecified atom stereocenters. The van der Waals surface area contributed by atoms with Crippen LogP contribution in [0.15, 0.2) is 47.1 Å². The molecule has 0 saturated carbocycles. The summed E-state index contributed by atoms with van der Waals surface area (Å²) in [5, 5.41) is 0. The van der Waals surface area contributed by atoms with Crippen LogP contribution in [0.2, 0.25) is 0 Å². The summed E-state index contributed by atoms with van der Waals surface area (Å²) in [6, 6.07) is 10.2. The Morgan fingerprint density at radius 1 is 1.12 bits per heavy atom. The van der Waals surface area contributed by atoms with Crippen molar-refractivity contribution in [1.29, 1.82) is 0 Å². The third-order valence-corrected chi connectivity index (χ3v) is 3.93. The van der Waals surface area contributed by atoms with Gasteiger partial charge in [0, 0.05) is 5.57 Å². The third-order valence-electron chi connectivity index (χ3n) is 3.93. The maximum absolute atomic E-state index is 12.3. The molecule has 3 rings (SSSR count). The molecule has 1 nitrogen and oxygen atoms in total. The Morgan fingerprint density at radius 3 is 2.59 bits per heavy atom. The number of Topliss-reactive ketones (excluding diaryl/α,β-unsaturated/α-hetero) is 1. The minimum Gasteiger partial charge on any atom is -0.289 e. The highest BCUT2D eigenvalue weighted by molar-refractivity contribution is 6.16.